The number of nitriles is 1. The quantitative estimate of drug-likeness (QED) is 0.348. The molecule has 164 valence electrons. The Hall–Kier alpha value is -2.96. The Labute approximate surface area is 185 Å². The van der Waals surface area contributed by atoms with Gasteiger partial charge in [-0.2, -0.15) is 5.26 Å². The van der Waals surface area contributed by atoms with Gasteiger partial charge in [0.1, 0.15) is 11.6 Å². The number of anilines is 2. The van der Waals surface area contributed by atoms with E-state index >= 15 is 0 Å². The van der Waals surface area contributed by atoms with Crippen molar-refractivity contribution >= 4 is 37.3 Å². The summed E-state index contributed by atoms with van der Waals surface area (Å²) in [5.41, 5.74) is 2.47. The Morgan fingerprint density at radius 1 is 1.00 bits per heavy atom. The van der Waals surface area contributed by atoms with E-state index in [4.69, 9.17) is 13.3 Å². The summed E-state index contributed by atoms with van der Waals surface area (Å²) in [6, 6.07) is 16.8. The lowest BCUT2D eigenvalue weighted by Crippen LogP contribution is -2.54. The Morgan fingerprint density at radius 3 is 2.00 bits per heavy atom. The van der Waals surface area contributed by atoms with Crippen LogP contribution in [0.4, 0.5) is 11.4 Å². The highest BCUT2D eigenvalue weighted by molar-refractivity contribution is 6.75. The van der Waals surface area contributed by atoms with E-state index in [-0.39, 0.29) is 5.57 Å². The maximum atomic E-state index is 12.6. The summed E-state index contributed by atoms with van der Waals surface area (Å²) >= 11 is 0. The molecule has 0 aromatic heterocycles. The molecule has 2 aromatic rings. The normalized spacial score (nSPS) is 11.7. The second kappa shape index (κ2) is 11.4. The van der Waals surface area contributed by atoms with Crippen molar-refractivity contribution in [1.29, 1.82) is 5.26 Å². The molecule has 0 aliphatic heterocycles. The fourth-order valence-corrected chi connectivity index (χ4v) is 5.03. The molecule has 0 heterocycles. The molecule has 0 saturated heterocycles. The lowest BCUT2D eigenvalue weighted by Gasteiger charge is -2.24. The van der Waals surface area contributed by atoms with Gasteiger partial charge in [0.25, 0.3) is 5.91 Å². The molecular weight excluding hydrogens is 410 g/mol. The SMILES string of the molecule is CCN(CC)c1ccc(/C=C(\C#N)C(=O)Nc2ccc([Si](OC)(OC)OC)cc2)cc1. The Morgan fingerprint density at radius 2 is 1.55 bits per heavy atom. The van der Waals surface area contributed by atoms with Crippen molar-refractivity contribution in [2.45, 2.75) is 13.8 Å². The molecule has 7 nitrogen and oxygen atoms in total. The number of carbonyl (C=O) groups excluding carboxylic acids is 1. The maximum absolute atomic E-state index is 12.6. The molecule has 31 heavy (non-hydrogen) atoms. The molecule has 0 atom stereocenters. The van der Waals surface area contributed by atoms with Crippen molar-refractivity contribution in [3.63, 3.8) is 0 Å². The number of hydrogen-bond donors (Lipinski definition) is 1. The first kappa shape index (κ1) is 24.3. The van der Waals surface area contributed by atoms with Gasteiger partial charge in [0.2, 0.25) is 0 Å². The lowest BCUT2D eigenvalue weighted by molar-refractivity contribution is -0.112. The highest BCUT2D eigenvalue weighted by Gasteiger charge is 2.40. The number of nitrogens with one attached hydrogen (secondary N) is 1. The molecule has 0 aliphatic rings. The van der Waals surface area contributed by atoms with Gasteiger partial charge in [-0.3, -0.25) is 4.79 Å². The van der Waals surface area contributed by atoms with Gasteiger partial charge in [0, 0.05) is 51.0 Å². The molecule has 0 spiro atoms. The molecule has 0 radical (unpaired) electrons. The van der Waals surface area contributed by atoms with Gasteiger partial charge >= 0.3 is 8.80 Å². The van der Waals surface area contributed by atoms with Crippen molar-refractivity contribution in [1.82, 2.24) is 0 Å². The number of amides is 1. The maximum Gasteiger partial charge on any atom is 0.536 e. The van der Waals surface area contributed by atoms with Crippen LogP contribution in [0.25, 0.3) is 6.08 Å². The summed E-state index contributed by atoms with van der Waals surface area (Å²) in [6.45, 7) is 6.03. The minimum Gasteiger partial charge on any atom is -0.373 e. The van der Waals surface area contributed by atoms with Crippen LogP contribution in [0.2, 0.25) is 0 Å². The van der Waals surface area contributed by atoms with Crippen LogP contribution in [0.15, 0.2) is 54.1 Å². The van der Waals surface area contributed by atoms with Crippen LogP contribution in [0.1, 0.15) is 19.4 Å². The van der Waals surface area contributed by atoms with Crippen LogP contribution in [0.5, 0.6) is 0 Å². The van der Waals surface area contributed by atoms with E-state index in [0.29, 0.717) is 5.69 Å². The third kappa shape index (κ3) is 5.80. The fourth-order valence-electron chi connectivity index (χ4n) is 3.25. The summed E-state index contributed by atoms with van der Waals surface area (Å²) in [4.78, 5) is 14.8. The Kier molecular flexibility index (Phi) is 8.97. The molecule has 0 aliphatic carbocycles. The minimum atomic E-state index is -2.93. The van der Waals surface area contributed by atoms with Gasteiger partial charge in [-0.15, -0.1) is 0 Å². The van der Waals surface area contributed by atoms with Gasteiger partial charge in [-0.05, 0) is 49.8 Å². The molecule has 0 bridgehead atoms. The predicted octanol–water partition coefficient (Wildman–Crippen LogP) is 3.16. The zero-order chi connectivity index (χ0) is 22.9. The van der Waals surface area contributed by atoms with E-state index in [1.54, 1.807) is 30.3 Å². The van der Waals surface area contributed by atoms with Crippen LogP contribution >= 0.6 is 0 Å². The number of nitrogens with zero attached hydrogens (tertiary/aromatic N) is 2. The first-order valence-electron chi connectivity index (χ1n) is 10.0. The van der Waals surface area contributed by atoms with Crippen molar-refractivity contribution in [3.8, 4) is 6.07 Å². The second-order valence-electron chi connectivity index (χ2n) is 6.63. The number of benzene rings is 2. The van der Waals surface area contributed by atoms with E-state index in [0.717, 1.165) is 29.5 Å². The van der Waals surface area contributed by atoms with Crippen molar-refractivity contribution < 1.29 is 18.1 Å². The molecular formula is C23H29N3O4Si. The largest absolute Gasteiger partial charge is 0.536 e. The Balaban J connectivity index is 2.15. The first-order chi connectivity index (χ1) is 15.0. The zero-order valence-corrected chi connectivity index (χ0v) is 19.6. The number of carbonyl (C=O) groups is 1. The summed E-state index contributed by atoms with van der Waals surface area (Å²) in [6.07, 6.45) is 1.58. The van der Waals surface area contributed by atoms with Crippen LogP contribution in [0, 0.1) is 11.3 Å². The van der Waals surface area contributed by atoms with Gasteiger partial charge in [0.05, 0.1) is 0 Å². The molecule has 0 fully saturated rings. The van der Waals surface area contributed by atoms with Gasteiger partial charge < -0.3 is 23.5 Å². The molecule has 1 N–H and O–H groups in total. The van der Waals surface area contributed by atoms with Crippen LogP contribution in [-0.2, 0) is 18.1 Å². The standard InChI is InChI=1S/C23H29N3O4Si/c1-6-26(7-2)21-12-8-18(9-13-21)16-19(17-24)23(27)25-20-10-14-22(15-11-20)31(28-3,29-4)30-5/h8-16H,6-7H2,1-5H3,(H,25,27)/b19-16+. The third-order valence-electron chi connectivity index (χ3n) is 5.00. The first-order valence-corrected chi connectivity index (χ1v) is 11.7. The topological polar surface area (TPSA) is 83.8 Å². The monoisotopic (exact) mass is 439 g/mol. The Bertz CT molecular complexity index is 921. The highest BCUT2D eigenvalue weighted by atomic mass is 28.4. The van der Waals surface area contributed by atoms with E-state index < -0.39 is 14.7 Å². The van der Waals surface area contributed by atoms with Gasteiger partial charge in [-0.25, -0.2) is 0 Å². The van der Waals surface area contributed by atoms with E-state index in [1.165, 1.54) is 21.3 Å². The smallest absolute Gasteiger partial charge is 0.373 e. The van der Waals surface area contributed by atoms with Crippen molar-refractivity contribution in [2.24, 2.45) is 0 Å². The average molecular weight is 440 g/mol. The van der Waals surface area contributed by atoms with Gasteiger partial charge in [-0.1, -0.05) is 24.3 Å². The average Bonchev–Trinajstić information content (AvgIpc) is 2.81. The molecule has 2 rings (SSSR count). The lowest BCUT2D eigenvalue weighted by atomic mass is 10.1. The van der Waals surface area contributed by atoms with Crippen LogP contribution < -0.4 is 15.4 Å². The van der Waals surface area contributed by atoms with Crippen molar-refractivity contribution in [3.05, 3.63) is 59.7 Å². The predicted molar refractivity (Wildman–Crippen MR) is 125 cm³/mol. The summed E-state index contributed by atoms with van der Waals surface area (Å²) in [7, 11) is 1.67. The molecule has 1 amide bonds. The minimum absolute atomic E-state index is 0.0223. The number of rotatable bonds is 10. The number of hydrogen-bond acceptors (Lipinski definition) is 6. The molecule has 0 saturated carbocycles. The van der Waals surface area contributed by atoms with Gasteiger partial charge in [0.15, 0.2) is 0 Å². The highest BCUT2D eigenvalue weighted by Crippen LogP contribution is 2.17. The van der Waals surface area contributed by atoms with E-state index in [2.05, 4.69) is 24.1 Å². The summed E-state index contributed by atoms with van der Waals surface area (Å²) < 4.78 is 16.4. The third-order valence-corrected chi connectivity index (χ3v) is 7.65. The van der Waals surface area contributed by atoms with E-state index in [1.807, 2.05) is 30.3 Å². The zero-order valence-electron chi connectivity index (χ0n) is 18.6. The van der Waals surface area contributed by atoms with E-state index in [9.17, 15) is 10.1 Å². The molecule has 8 heteroatoms. The molecule has 2 aromatic carbocycles. The summed E-state index contributed by atoms with van der Waals surface area (Å²) in [5.74, 6) is -0.475. The second-order valence-corrected chi connectivity index (χ2v) is 9.55. The fraction of sp³-hybridized carbons (Fsp3) is 0.304. The van der Waals surface area contributed by atoms with Crippen LogP contribution in [0.3, 0.4) is 0 Å². The molecule has 0 unspecified atom stereocenters. The van der Waals surface area contributed by atoms with Crippen molar-refractivity contribution in [2.75, 3.05) is 44.6 Å². The summed E-state index contributed by atoms with van der Waals surface area (Å²) in [5, 5.41) is 13.0. The van der Waals surface area contributed by atoms with Crippen LogP contribution in [-0.4, -0.2) is 49.1 Å².